The molecule has 10 heteroatoms. The largest absolute Gasteiger partial charge is 0.350 e. The third kappa shape index (κ3) is 8.15. The molecule has 8 nitrogen and oxygen atoms in total. The summed E-state index contributed by atoms with van der Waals surface area (Å²) in [4.78, 5) is 32.4. The second-order valence-electron chi connectivity index (χ2n) is 8.45. The molecule has 0 fully saturated rings. The van der Waals surface area contributed by atoms with Crippen molar-refractivity contribution in [3.63, 3.8) is 0 Å². The second kappa shape index (κ2) is 12.6. The molecule has 0 unspecified atom stereocenters. The normalized spacial score (nSPS) is 12.2. The topological polar surface area (TPSA) is 99.7 Å². The summed E-state index contributed by atoms with van der Waals surface area (Å²) in [5, 5.41) is 3.47. The Kier molecular flexibility index (Phi) is 9.58. The van der Waals surface area contributed by atoms with E-state index in [9.17, 15) is 18.0 Å². The van der Waals surface area contributed by atoms with E-state index in [1.54, 1.807) is 48.8 Å². The lowest BCUT2D eigenvalue weighted by Crippen LogP contribution is -2.52. The summed E-state index contributed by atoms with van der Waals surface area (Å²) in [5.41, 5.74) is 2.49. The lowest BCUT2D eigenvalue weighted by molar-refractivity contribution is -0.141. The van der Waals surface area contributed by atoms with E-state index < -0.39 is 28.5 Å². The van der Waals surface area contributed by atoms with Gasteiger partial charge < -0.3 is 10.2 Å². The standard InChI is InChI=1S/C26H29ClN4O4S/c1-30(36(2,34)35)19-25(32)31(18-22-8-10-23(27)11-9-22)24(16-20-6-4-3-5-7-20)26(33)29-17-21-12-14-28-15-13-21/h3-15,24H,16-19H2,1-2H3,(H,29,33)/t24-/m0/s1. The van der Waals surface area contributed by atoms with Gasteiger partial charge in [-0.1, -0.05) is 54.1 Å². The van der Waals surface area contributed by atoms with Crippen molar-refractivity contribution in [1.82, 2.24) is 19.5 Å². The maximum Gasteiger partial charge on any atom is 0.243 e. The van der Waals surface area contributed by atoms with Gasteiger partial charge in [-0.05, 0) is 41.0 Å². The van der Waals surface area contributed by atoms with Crippen LogP contribution in [0.4, 0.5) is 0 Å². The fraction of sp³-hybridized carbons (Fsp3) is 0.269. The lowest BCUT2D eigenvalue weighted by atomic mass is 10.0. The van der Waals surface area contributed by atoms with Crippen molar-refractivity contribution in [3.8, 4) is 0 Å². The van der Waals surface area contributed by atoms with E-state index in [-0.39, 0.29) is 25.4 Å². The Morgan fingerprint density at radius 3 is 2.19 bits per heavy atom. The summed E-state index contributed by atoms with van der Waals surface area (Å²) in [7, 11) is -2.26. The predicted molar refractivity (Wildman–Crippen MR) is 139 cm³/mol. The van der Waals surface area contributed by atoms with Gasteiger partial charge in [-0.25, -0.2) is 8.42 Å². The molecule has 0 bridgehead atoms. The number of hydrogen-bond acceptors (Lipinski definition) is 5. The Balaban J connectivity index is 1.94. The highest BCUT2D eigenvalue weighted by Crippen LogP contribution is 2.17. The summed E-state index contributed by atoms with van der Waals surface area (Å²) in [6.45, 7) is -0.0258. The maximum absolute atomic E-state index is 13.5. The van der Waals surface area contributed by atoms with Crippen LogP contribution in [0.5, 0.6) is 0 Å². The molecule has 190 valence electrons. The summed E-state index contributed by atoms with van der Waals surface area (Å²) in [6.07, 6.45) is 4.57. The van der Waals surface area contributed by atoms with Crippen LogP contribution in [0.25, 0.3) is 0 Å². The minimum absolute atomic E-state index is 0.105. The number of hydrogen-bond donors (Lipinski definition) is 1. The van der Waals surface area contributed by atoms with E-state index in [4.69, 9.17) is 11.6 Å². The Hall–Kier alpha value is -3.27. The number of carbonyl (C=O) groups is 2. The van der Waals surface area contributed by atoms with Crippen LogP contribution in [-0.2, 0) is 39.1 Å². The molecule has 2 aromatic carbocycles. The Bertz CT molecular complexity index is 1260. The van der Waals surface area contributed by atoms with Crippen molar-refractivity contribution >= 4 is 33.4 Å². The van der Waals surface area contributed by atoms with Gasteiger partial charge >= 0.3 is 0 Å². The molecule has 0 aliphatic heterocycles. The van der Waals surface area contributed by atoms with Gasteiger partial charge in [-0.15, -0.1) is 0 Å². The highest BCUT2D eigenvalue weighted by molar-refractivity contribution is 7.88. The van der Waals surface area contributed by atoms with E-state index in [2.05, 4.69) is 10.3 Å². The van der Waals surface area contributed by atoms with Crippen LogP contribution in [0, 0.1) is 0 Å². The van der Waals surface area contributed by atoms with Crippen LogP contribution < -0.4 is 5.32 Å². The third-order valence-electron chi connectivity index (χ3n) is 5.68. The van der Waals surface area contributed by atoms with Gasteiger partial charge in [0, 0.05) is 44.0 Å². The minimum Gasteiger partial charge on any atom is -0.350 e. The van der Waals surface area contributed by atoms with Crippen LogP contribution in [-0.4, -0.2) is 60.3 Å². The first-order valence-corrected chi connectivity index (χ1v) is 13.5. The first kappa shape index (κ1) is 27.3. The van der Waals surface area contributed by atoms with Crippen LogP contribution in [0.1, 0.15) is 16.7 Å². The highest BCUT2D eigenvalue weighted by Gasteiger charge is 2.31. The molecule has 2 amide bonds. The van der Waals surface area contributed by atoms with Crippen LogP contribution in [0.15, 0.2) is 79.1 Å². The fourth-order valence-electron chi connectivity index (χ4n) is 3.55. The van der Waals surface area contributed by atoms with Gasteiger partial charge in [0.15, 0.2) is 0 Å². The third-order valence-corrected chi connectivity index (χ3v) is 7.19. The van der Waals surface area contributed by atoms with E-state index in [1.807, 2.05) is 30.3 Å². The Morgan fingerprint density at radius 1 is 0.944 bits per heavy atom. The van der Waals surface area contributed by atoms with Crippen molar-refractivity contribution in [2.45, 2.75) is 25.6 Å². The van der Waals surface area contributed by atoms with E-state index in [0.717, 1.165) is 27.3 Å². The number of carbonyl (C=O) groups excluding carboxylic acids is 2. The number of benzene rings is 2. The van der Waals surface area contributed by atoms with E-state index in [0.29, 0.717) is 5.02 Å². The van der Waals surface area contributed by atoms with Gasteiger partial charge in [-0.3, -0.25) is 14.6 Å². The second-order valence-corrected chi connectivity index (χ2v) is 11.0. The molecule has 1 N–H and O–H groups in total. The number of sulfonamides is 1. The fourth-order valence-corrected chi connectivity index (χ4v) is 4.02. The van der Waals surface area contributed by atoms with Gasteiger partial charge in [0.1, 0.15) is 6.04 Å². The first-order chi connectivity index (χ1) is 17.1. The first-order valence-electron chi connectivity index (χ1n) is 11.3. The molecule has 0 aliphatic carbocycles. The summed E-state index contributed by atoms with van der Waals surface area (Å²) < 4.78 is 25.0. The molecule has 0 saturated carbocycles. The molecule has 0 radical (unpaired) electrons. The van der Waals surface area contributed by atoms with Crippen molar-refractivity contribution in [3.05, 3.63) is 101 Å². The van der Waals surface area contributed by atoms with Gasteiger partial charge in [0.05, 0.1) is 12.8 Å². The number of likely N-dealkylation sites (N-methyl/N-ethyl adjacent to an activating group) is 1. The number of nitrogens with one attached hydrogen (secondary N) is 1. The molecule has 3 aromatic rings. The average molecular weight is 529 g/mol. The molecular formula is C26H29ClN4O4S. The number of rotatable bonds is 11. The van der Waals surface area contributed by atoms with E-state index >= 15 is 0 Å². The number of halogens is 1. The zero-order valence-corrected chi connectivity index (χ0v) is 21.7. The molecule has 1 heterocycles. The van der Waals surface area contributed by atoms with Crippen LogP contribution in [0.3, 0.4) is 0 Å². The highest BCUT2D eigenvalue weighted by atomic mass is 35.5. The van der Waals surface area contributed by atoms with Crippen molar-refractivity contribution < 1.29 is 18.0 Å². The SMILES string of the molecule is CN(CC(=O)N(Cc1ccc(Cl)cc1)[C@@H](Cc1ccccc1)C(=O)NCc1ccncc1)S(C)(=O)=O. The van der Waals surface area contributed by atoms with Gasteiger partial charge in [-0.2, -0.15) is 4.31 Å². The van der Waals surface area contributed by atoms with Gasteiger partial charge in [0.25, 0.3) is 0 Å². The molecule has 1 atom stereocenters. The van der Waals surface area contributed by atoms with Crippen molar-refractivity contribution in [1.29, 1.82) is 0 Å². The minimum atomic E-state index is -3.60. The predicted octanol–water partition coefficient (Wildman–Crippen LogP) is 2.88. The monoisotopic (exact) mass is 528 g/mol. The maximum atomic E-state index is 13.5. The smallest absolute Gasteiger partial charge is 0.243 e. The molecule has 36 heavy (non-hydrogen) atoms. The average Bonchev–Trinajstić information content (AvgIpc) is 2.86. The summed E-state index contributed by atoms with van der Waals surface area (Å²) >= 11 is 6.03. The van der Waals surface area contributed by atoms with Crippen molar-refractivity contribution in [2.75, 3.05) is 19.8 Å². The number of amides is 2. The number of pyridine rings is 1. The van der Waals surface area contributed by atoms with Crippen LogP contribution in [0.2, 0.25) is 5.02 Å². The molecule has 0 saturated heterocycles. The zero-order chi connectivity index (χ0) is 26.1. The zero-order valence-electron chi connectivity index (χ0n) is 20.2. The number of aromatic nitrogens is 1. The molecule has 1 aromatic heterocycles. The van der Waals surface area contributed by atoms with E-state index in [1.165, 1.54) is 11.9 Å². The van der Waals surface area contributed by atoms with Crippen molar-refractivity contribution in [2.24, 2.45) is 0 Å². The quantitative estimate of drug-likeness (QED) is 0.412. The number of nitrogens with zero attached hydrogens (tertiary/aromatic N) is 3. The molecule has 0 spiro atoms. The molecule has 0 aliphatic rings. The lowest BCUT2D eigenvalue weighted by Gasteiger charge is -2.32. The summed E-state index contributed by atoms with van der Waals surface area (Å²) in [5.74, 6) is -0.835. The van der Waals surface area contributed by atoms with Crippen LogP contribution >= 0.6 is 11.6 Å². The Morgan fingerprint density at radius 2 is 1.58 bits per heavy atom. The van der Waals surface area contributed by atoms with Gasteiger partial charge in [0.2, 0.25) is 21.8 Å². The molecule has 3 rings (SSSR count). The summed E-state index contributed by atoms with van der Waals surface area (Å²) in [6, 6.07) is 19.0. The molecular weight excluding hydrogens is 500 g/mol. The Labute approximate surface area is 217 Å².